The molecule has 0 aliphatic carbocycles. The maximum atomic E-state index is 12.8. The fourth-order valence-corrected chi connectivity index (χ4v) is 3.72. The van der Waals surface area contributed by atoms with E-state index in [9.17, 15) is 14.9 Å². The van der Waals surface area contributed by atoms with Crippen molar-refractivity contribution in [2.75, 3.05) is 0 Å². The van der Waals surface area contributed by atoms with Crippen molar-refractivity contribution >= 4 is 28.6 Å². The number of non-ortho nitro benzene ring substituents is 1. The Morgan fingerprint density at radius 2 is 1.60 bits per heavy atom. The molecule has 1 heterocycles. The number of nitrogens with one attached hydrogen (secondary N) is 1. The van der Waals surface area contributed by atoms with Gasteiger partial charge in [0.2, 0.25) is 0 Å². The van der Waals surface area contributed by atoms with Crippen molar-refractivity contribution < 1.29 is 9.72 Å². The molecule has 1 aromatic heterocycles. The van der Waals surface area contributed by atoms with E-state index in [4.69, 9.17) is 0 Å². The number of fused-ring (bicyclic) bond motifs is 1. The Bertz CT molecular complexity index is 1560. The van der Waals surface area contributed by atoms with Crippen molar-refractivity contribution in [2.24, 2.45) is 5.10 Å². The van der Waals surface area contributed by atoms with Crippen LogP contribution in [-0.2, 0) is 0 Å². The minimum Gasteiger partial charge on any atom is -0.265 e. The number of nitro benzene ring substituents is 1. The molecule has 0 saturated heterocycles. The molecule has 0 radical (unpaired) electrons. The average molecular weight is 461 g/mol. The summed E-state index contributed by atoms with van der Waals surface area (Å²) in [7, 11) is 0. The van der Waals surface area contributed by atoms with Crippen LogP contribution >= 0.6 is 0 Å². The molecule has 0 spiro atoms. The molecule has 5 rings (SSSR count). The maximum Gasteiger partial charge on any atom is 0.291 e. The molecule has 0 fully saturated rings. The predicted molar refractivity (Wildman–Crippen MR) is 135 cm³/mol. The van der Waals surface area contributed by atoms with E-state index in [2.05, 4.69) is 27.8 Å². The molecule has 35 heavy (non-hydrogen) atoms. The first-order valence-corrected chi connectivity index (χ1v) is 10.8. The van der Waals surface area contributed by atoms with Crippen LogP contribution in [0.25, 0.3) is 27.7 Å². The fraction of sp³-hybridized carbons (Fsp3) is 0. The van der Waals surface area contributed by atoms with Crippen molar-refractivity contribution in [3.63, 3.8) is 0 Å². The lowest BCUT2D eigenvalue weighted by Gasteiger charge is -2.08. The molecule has 170 valence electrons. The van der Waals surface area contributed by atoms with Gasteiger partial charge in [-0.2, -0.15) is 10.2 Å². The van der Waals surface area contributed by atoms with Crippen molar-refractivity contribution in [1.82, 2.24) is 15.2 Å². The molecule has 0 unspecified atom stereocenters. The van der Waals surface area contributed by atoms with Crippen LogP contribution in [0.3, 0.4) is 0 Å². The minimum atomic E-state index is -0.473. The molecule has 0 atom stereocenters. The molecule has 0 aliphatic rings. The Hall–Kier alpha value is -5.11. The summed E-state index contributed by atoms with van der Waals surface area (Å²) in [5, 5.41) is 21.5. The standard InChI is InChI=1S/C27H19N5O3/c33-27(29-28-18-19-10-14-24(15-11-19)32(34)35)25-17-26(31(30-25)23-8-2-1-3-9-23)22-13-12-20-6-4-5-7-21(20)16-22/h1-18H,(H,29,33)/b28-18-. The Balaban J connectivity index is 1.44. The van der Waals surface area contributed by atoms with Gasteiger partial charge in [0.1, 0.15) is 0 Å². The molecule has 4 aromatic carbocycles. The third-order valence-corrected chi connectivity index (χ3v) is 5.47. The molecule has 0 aliphatic heterocycles. The number of para-hydroxylation sites is 1. The lowest BCUT2D eigenvalue weighted by Crippen LogP contribution is -2.18. The topological polar surface area (TPSA) is 102 Å². The van der Waals surface area contributed by atoms with Gasteiger partial charge in [0.05, 0.1) is 22.5 Å². The quantitative estimate of drug-likeness (QED) is 0.209. The SMILES string of the molecule is O=C(N/N=C\c1ccc([N+](=O)[O-])cc1)c1cc(-c2ccc3ccccc3c2)n(-c2ccccc2)n1. The highest BCUT2D eigenvalue weighted by molar-refractivity contribution is 5.95. The van der Waals surface area contributed by atoms with Gasteiger partial charge in [0, 0.05) is 17.7 Å². The van der Waals surface area contributed by atoms with Crippen molar-refractivity contribution in [2.45, 2.75) is 0 Å². The van der Waals surface area contributed by atoms with Crippen LogP contribution in [0.4, 0.5) is 5.69 Å². The minimum absolute atomic E-state index is 0.0149. The van der Waals surface area contributed by atoms with E-state index >= 15 is 0 Å². The molecular weight excluding hydrogens is 442 g/mol. The van der Waals surface area contributed by atoms with Crippen LogP contribution in [0.5, 0.6) is 0 Å². The number of aromatic nitrogens is 2. The highest BCUT2D eigenvalue weighted by Crippen LogP contribution is 2.27. The Morgan fingerprint density at radius 3 is 2.34 bits per heavy atom. The van der Waals surface area contributed by atoms with Gasteiger partial charge >= 0.3 is 0 Å². The fourth-order valence-electron chi connectivity index (χ4n) is 3.72. The van der Waals surface area contributed by atoms with Gasteiger partial charge < -0.3 is 0 Å². The predicted octanol–water partition coefficient (Wildman–Crippen LogP) is 5.36. The largest absolute Gasteiger partial charge is 0.291 e. The second kappa shape index (κ2) is 9.40. The lowest BCUT2D eigenvalue weighted by molar-refractivity contribution is -0.384. The zero-order valence-corrected chi connectivity index (χ0v) is 18.4. The third-order valence-electron chi connectivity index (χ3n) is 5.47. The molecule has 1 N–H and O–H groups in total. The summed E-state index contributed by atoms with van der Waals surface area (Å²) in [5.41, 5.74) is 5.80. The van der Waals surface area contributed by atoms with Gasteiger partial charge in [0.25, 0.3) is 11.6 Å². The number of hydrogen-bond acceptors (Lipinski definition) is 5. The number of carbonyl (C=O) groups is 1. The number of benzene rings is 4. The van der Waals surface area contributed by atoms with Crippen LogP contribution in [0.1, 0.15) is 16.1 Å². The van der Waals surface area contributed by atoms with E-state index in [1.54, 1.807) is 22.9 Å². The summed E-state index contributed by atoms with van der Waals surface area (Å²) in [6.07, 6.45) is 1.42. The second-order valence-electron chi connectivity index (χ2n) is 7.77. The van der Waals surface area contributed by atoms with Gasteiger partial charge in [-0.3, -0.25) is 14.9 Å². The number of rotatable bonds is 6. The van der Waals surface area contributed by atoms with Crippen LogP contribution < -0.4 is 5.43 Å². The first-order chi connectivity index (χ1) is 17.1. The van der Waals surface area contributed by atoms with Gasteiger partial charge in [-0.15, -0.1) is 0 Å². The first kappa shape index (κ1) is 21.7. The van der Waals surface area contributed by atoms with Crippen molar-refractivity contribution in [1.29, 1.82) is 0 Å². The van der Waals surface area contributed by atoms with E-state index in [1.807, 2.05) is 60.7 Å². The summed E-state index contributed by atoms with van der Waals surface area (Å²) < 4.78 is 1.74. The van der Waals surface area contributed by atoms with Crippen LogP contribution in [0.2, 0.25) is 0 Å². The molecule has 8 nitrogen and oxygen atoms in total. The number of nitro groups is 1. The van der Waals surface area contributed by atoms with Crippen LogP contribution in [-0.4, -0.2) is 26.8 Å². The summed E-state index contributed by atoms with van der Waals surface area (Å²) in [6.45, 7) is 0. The third kappa shape index (κ3) is 4.67. The summed E-state index contributed by atoms with van der Waals surface area (Å²) in [6, 6.07) is 31.4. The number of amides is 1. The zero-order chi connectivity index (χ0) is 24.2. The Labute approximate surface area is 200 Å². The lowest BCUT2D eigenvalue weighted by atomic mass is 10.0. The summed E-state index contributed by atoms with van der Waals surface area (Å²) >= 11 is 0. The van der Waals surface area contributed by atoms with Gasteiger partial charge in [-0.1, -0.05) is 54.6 Å². The number of carbonyl (C=O) groups excluding carboxylic acids is 1. The van der Waals surface area contributed by atoms with Gasteiger partial charge in [0.15, 0.2) is 5.69 Å². The Morgan fingerprint density at radius 1 is 0.886 bits per heavy atom. The van der Waals surface area contributed by atoms with Gasteiger partial charge in [-0.05, 0) is 52.7 Å². The molecule has 0 saturated carbocycles. The normalized spacial score (nSPS) is 11.1. The van der Waals surface area contributed by atoms with E-state index in [0.29, 0.717) is 5.56 Å². The molecule has 5 aromatic rings. The number of nitrogens with zero attached hydrogens (tertiary/aromatic N) is 4. The number of hydrazone groups is 1. The maximum absolute atomic E-state index is 12.8. The van der Waals surface area contributed by atoms with Gasteiger partial charge in [-0.25, -0.2) is 10.1 Å². The van der Waals surface area contributed by atoms with E-state index in [1.165, 1.54) is 18.3 Å². The second-order valence-corrected chi connectivity index (χ2v) is 7.77. The summed E-state index contributed by atoms with van der Waals surface area (Å²) in [4.78, 5) is 23.1. The molecule has 0 bridgehead atoms. The Kier molecular flexibility index (Phi) is 5.83. The van der Waals surface area contributed by atoms with E-state index in [0.717, 1.165) is 27.7 Å². The average Bonchev–Trinajstić information content (AvgIpc) is 3.35. The van der Waals surface area contributed by atoms with Crippen molar-refractivity contribution in [3.8, 4) is 16.9 Å². The number of hydrogen-bond donors (Lipinski definition) is 1. The molecule has 1 amide bonds. The molecule has 8 heteroatoms. The van der Waals surface area contributed by atoms with Crippen LogP contribution in [0, 0.1) is 10.1 Å². The van der Waals surface area contributed by atoms with Crippen LogP contribution in [0.15, 0.2) is 108 Å². The summed E-state index contributed by atoms with van der Waals surface area (Å²) in [5.74, 6) is -0.472. The highest BCUT2D eigenvalue weighted by Gasteiger charge is 2.17. The first-order valence-electron chi connectivity index (χ1n) is 10.8. The van der Waals surface area contributed by atoms with E-state index < -0.39 is 10.8 Å². The van der Waals surface area contributed by atoms with E-state index in [-0.39, 0.29) is 11.4 Å². The van der Waals surface area contributed by atoms with Crippen molar-refractivity contribution in [3.05, 3.63) is 124 Å². The zero-order valence-electron chi connectivity index (χ0n) is 18.4. The molecular formula is C27H19N5O3. The smallest absolute Gasteiger partial charge is 0.265 e. The monoisotopic (exact) mass is 461 g/mol. The highest BCUT2D eigenvalue weighted by atomic mass is 16.6.